The van der Waals surface area contributed by atoms with Crippen LogP contribution in [0, 0.1) is 6.92 Å². The van der Waals surface area contributed by atoms with Crippen LogP contribution in [-0.2, 0) is 6.54 Å². The van der Waals surface area contributed by atoms with Crippen LogP contribution in [0.5, 0.6) is 5.75 Å². The molecule has 16 heavy (non-hydrogen) atoms. The second-order valence-corrected chi connectivity index (χ2v) is 4.47. The molecule has 0 spiro atoms. The zero-order valence-electron chi connectivity index (χ0n) is 9.27. The standard InChI is InChI=1S/C12H13BrN2O/c1-9-5-6-15(14-9)8-10-7-11(16-2)3-4-12(10)13/h3-7H,8H2,1-2H3. The summed E-state index contributed by atoms with van der Waals surface area (Å²) in [6, 6.07) is 7.93. The maximum Gasteiger partial charge on any atom is 0.119 e. The summed E-state index contributed by atoms with van der Waals surface area (Å²) in [5.74, 6) is 0.863. The van der Waals surface area contributed by atoms with Crippen LogP contribution < -0.4 is 4.74 Å². The van der Waals surface area contributed by atoms with E-state index in [1.807, 2.05) is 42.1 Å². The normalized spacial score (nSPS) is 10.4. The molecule has 0 bridgehead atoms. The fourth-order valence-electron chi connectivity index (χ4n) is 1.53. The van der Waals surface area contributed by atoms with E-state index in [0.29, 0.717) is 0 Å². The van der Waals surface area contributed by atoms with E-state index in [-0.39, 0.29) is 0 Å². The lowest BCUT2D eigenvalue weighted by Crippen LogP contribution is -2.01. The highest BCUT2D eigenvalue weighted by molar-refractivity contribution is 9.10. The quantitative estimate of drug-likeness (QED) is 0.864. The minimum Gasteiger partial charge on any atom is -0.497 e. The molecule has 84 valence electrons. The van der Waals surface area contributed by atoms with Crippen molar-refractivity contribution in [2.75, 3.05) is 7.11 Å². The van der Waals surface area contributed by atoms with E-state index in [4.69, 9.17) is 4.74 Å². The van der Waals surface area contributed by atoms with Gasteiger partial charge in [0.25, 0.3) is 0 Å². The van der Waals surface area contributed by atoms with Crippen molar-refractivity contribution in [1.82, 2.24) is 9.78 Å². The number of hydrogen-bond acceptors (Lipinski definition) is 2. The summed E-state index contributed by atoms with van der Waals surface area (Å²) in [5, 5.41) is 4.36. The van der Waals surface area contributed by atoms with Gasteiger partial charge in [-0.05, 0) is 36.8 Å². The first kappa shape index (κ1) is 11.2. The molecule has 4 heteroatoms. The van der Waals surface area contributed by atoms with Crippen LogP contribution in [0.25, 0.3) is 0 Å². The van der Waals surface area contributed by atoms with Gasteiger partial charge >= 0.3 is 0 Å². The number of nitrogens with zero attached hydrogens (tertiary/aromatic N) is 2. The van der Waals surface area contributed by atoms with Gasteiger partial charge in [0.15, 0.2) is 0 Å². The number of rotatable bonds is 3. The summed E-state index contributed by atoms with van der Waals surface area (Å²) < 4.78 is 8.18. The lowest BCUT2D eigenvalue weighted by molar-refractivity contribution is 0.414. The van der Waals surface area contributed by atoms with Crippen LogP contribution in [0.3, 0.4) is 0 Å². The summed E-state index contributed by atoms with van der Waals surface area (Å²) in [5.41, 5.74) is 2.18. The molecular formula is C12H13BrN2O. The van der Waals surface area contributed by atoms with Crippen LogP contribution in [0.4, 0.5) is 0 Å². The molecule has 1 aromatic carbocycles. The molecule has 2 aromatic rings. The number of benzene rings is 1. The molecule has 0 aliphatic rings. The molecule has 1 aromatic heterocycles. The first-order chi connectivity index (χ1) is 7.69. The highest BCUT2D eigenvalue weighted by atomic mass is 79.9. The second kappa shape index (κ2) is 4.70. The predicted molar refractivity (Wildman–Crippen MR) is 66.8 cm³/mol. The number of ether oxygens (including phenoxy) is 1. The Balaban J connectivity index is 2.26. The van der Waals surface area contributed by atoms with Crippen molar-refractivity contribution >= 4 is 15.9 Å². The maximum absolute atomic E-state index is 5.20. The van der Waals surface area contributed by atoms with Crippen molar-refractivity contribution in [3.8, 4) is 5.75 Å². The van der Waals surface area contributed by atoms with Crippen molar-refractivity contribution in [2.45, 2.75) is 13.5 Å². The van der Waals surface area contributed by atoms with Gasteiger partial charge in [-0.15, -0.1) is 0 Å². The Labute approximate surface area is 103 Å². The molecule has 0 N–H and O–H groups in total. The highest BCUT2D eigenvalue weighted by Gasteiger charge is 2.03. The van der Waals surface area contributed by atoms with Crippen LogP contribution in [0.15, 0.2) is 34.9 Å². The lowest BCUT2D eigenvalue weighted by atomic mass is 10.2. The fraction of sp³-hybridized carbons (Fsp3) is 0.250. The number of methoxy groups -OCH3 is 1. The van der Waals surface area contributed by atoms with Crippen molar-refractivity contribution < 1.29 is 4.74 Å². The van der Waals surface area contributed by atoms with Crippen molar-refractivity contribution in [3.63, 3.8) is 0 Å². The summed E-state index contributed by atoms with van der Waals surface area (Å²) >= 11 is 3.53. The Kier molecular flexibility index (Phi) is 3.29. The van der Waals surface area contributed by atoms with Gasteiger partial charge in [-0.3, -0.25) is 4.68 Å². The van der Waals surface area contributed by atoms with Gasteiger partial charge in [-0.25, -0.2) is 0 Å². The van der Waals surface area contributed by atoms with E-state index in [9.17, 15) is 0 Å². The van der Waals surface area contributed by atoms with Gasteiger partial charge < -0.3 is 4.74 Å². The summed E-state index contributed by atoms with van der Waals surface area (Å²) in [4.78, 5) is 0. The Morgan fingerprint density at radius 1 is 1.38 bits per heavy atom. The maximum atomic E-state index is 5.20. The third-order valence-corrected chi connectivity index (χ3v) is 3.13. The lowest BCUT2D eigenvalue weighted by Gasteiger charge is -2.07. The molecule has 0 amide bonds. The van der Waals surface area contributed by atoms with Gasteiger partial charge in [0.1, 0.15) is 5.75 Å². The predicted octanol–water partition coefficient (Wildman–Crippen LogP) is 3.01. The Morgan fingerprint density at radius 3 is 2.81 bits per heavy atom. The molecule has 0 saturated carbocycles. The number of aromatic nitrogens is 2. The number of aryl methyl sites for hydroxylation is 1. The van der Waals surface area contributed by atoms with Gasteiger partial charge in [0, 0.05) is 10.7 Å². The Morgan fingerprint density at radius 2 is 2.19 bits per heavy atom. The van der Waals surface area contributed by atoms with Gasteiger partial charge in [0.05, 0.1) is 19.3 Å². The van der Waals surface area contributed by atoms with Crippen LogP contribution in [0.1, 0.15) is 11.3 Å². The van der Waals surface area contributed by atoms with E-state index in [2.05, 4.69) is 21.0 Å². The van der Waals surface area contributed by atoms with E-state index >= 15 is 0 Å². The summed E-state index contributed by atoms with van der Waals surface area (Å²) in [7, 11) is 1.67. The molecule has 0 aliphatic carbocycles. The zero-order valence-corrected chi connectivity index (χ0v) is 10.9. The first-order valence-corrected chi connectivity index (χ1v) is 5.81. The highest BCUT2D eigenvalue weighted by Crippen LogP contribution is 2.23. The fourth-order valence-corrected chi connectivity index (χ4v) is 1.90. The summed E-state index contributed by atoms with van der Waals surface area (Å²) in [6.45, 7) is 2.72. The van der Waals surface area contributed by atoms with Gasteiger partial charge in [-0.1, -0.05) is 15.9 Å². The minimum atomic E-state index is 0.742. The third kappa shape index (κ3) is 2.44. The summed E-state index contributed by atoms with van der Waals surface area (Å²) in [6.07, 6.45) is 1.97. The van der Waals surface area contributed by atoms with Crippen molar-refractivity contribution in [1.29, 1.82) is 0 Å². The topological polar surface area (TPSA) is 27.1 Å². The van der Waals surface area contributed by atoms with Gasteiger partial charge in [-0.2, -0.15) is 5.10 Å². The van der Waals surface area contributed by atoms with E-state index in [1.54, 1.807) is 7.11 Å². The molecule has 0 atom stereocenters. The van der Waals surface area contributed by atoms with Crippen LogP contribution in [0.2, 0.25) is 0 Å². The monoisotopic (exact) mass is 280 g/mol. The first-order valence-electron chi connectivity index (χ1n) is 5.01. The van der Waals surface area contributed by atoms with Gasteiger partial charge in [0.2, 0.25) is 0 Å². The van der Waals surface area contributed by atoms with Crippen LogP contribution >= 0.6 is 15.9 Å². The zero-order chi connectivity index (χ0) is 11.5. The smallest absolute Gasteiger partial charge is 0.119 e. The van der Waals surface area contributed by atoms with E-state index in [0.717, 1.165) is 28.0 Å². The van der Waals surface area contributed by atoms with Crippen LogP contribution in [-0.4, -0.2) is 16.9 Å². The molecular weight excluding hydrogens is 268 g/mol. The Bertz CT molecular complexity index is 494. The molecule has 0 saturated heterocycles. The molecule has 0 radical (unpaired) electrons. The molecule has 2 rings (SSSR count). The average Bonchev–Trinajstić information content (AvgIpc) is 2.67. The van der Waals surface area contributed by atoms with E-state index in [1.165, 1.54) is 0 Å². The molecule has 3 nitrogen and oxygen atoms in total. The van der Waals surface area contributed by atoms with Crippen molar-refractivity contribution in [2.24, 2.45) is 0 Å². The molecule has 0 unspecified atom stereocenters. The number of halogens is 1. The largest absolute Gasteiger partial charge is 0.497 e. The third-order valence-electron chi connectivity index (χ3n) is 2.36. The minimum absolute atomic E-state index is 0.742. The molecule has 0 fully saturated rings. The molecule has 0 aliphatic heterocycles. The average molecular weight is 281 g/mol. The Hall–Kier alpha value is -1.29. The van der Waals surface area contributed by atoms with Crippen molar-refractivity contribution in [3.05, 3.63) is 46.2 Å². The molecule has 1 heterocycles. The number of hydrogen-bond donors (Lipinski definition) is 0. The van der Waals surface area contributed by atoms with E-state index < -0.39 is 0 Å². The second-order valence-electron chi connectivity index (χ2n) is 3.61. The SMILES string of the molecule is COc1ccc(Br)c(Cn2ccc(C)n2)c1.